The molecule has 0 saturated heterocycles. The van der Waals surface area contributed by atoms with E-state index in [9.17, 15) is 18.0 Å². The van der Waals surface area contributed by atoms with E-state index in [0.717, 1.165) is 9.69 Å². The summed E-state index contributed by atoms with van der Waals surface area (Å²) < 4.78 is 35.7. The molecule has 0 aliphatic carbocycles. The van der Waals surface area contributed by atoms with Gasteiger partial charge in [0.05, 0.1) is 4.90 Å². The molecule has 1 aromatic heterocycles. The smallest absolute Gasteiger partial charge is 0.336 e. The SMILES string of the molecule is CN(C)S(=O)(=O)c1ccc(NC(=O)COc2ccc3ccc(=O)oc3c2)cc1. The summed E-state index contributed by atoms with van der Waals surface area (Å²) in [5, 5.41) is 3.36. The van der Waals surface area contributed by atoms with E-state index < -0.39 is 21.6 Å². The highest BCUT2D eigenvalue weighted by Crippen LogP contribution is 2.20. The van der Waals surface area contributed by atoms with Crippen LogP contribution in [0.4, 0.5) is 5.69 Å². The summed E-state index contributed by atoms with van der Waals surface area (Å²) in [5.41, 5.74) is 0.334. The Morgan fingerprint density at radius 3 is 2.43 bits per heavy atom. The fraction of sp³-hybridized carbons (Fsp3) is 0.158. The summed E-state index contributed by atoms with van der Waals surface area (Å²) >= 11 is 0. The van der Waals surface area contributed by atoms with Gasteiger partial charge in [0, 0.05) is 37.3 Å². The molecule has 0 bridgehead atoms. The van der Waals surface area contributed by atoms with Crippen LogP contribution in [0.15, 0.2) is 68.7 Å². The van der Waals surface area contributed by atoms with Crippen LogP contribution in [0.5, 0.6) is 5.75 Å². The third-order valence-corrected chi connectivity index (χ3v) is 5.71. The zero-order valence-electron chi connectivity index (χ0n) is 15.2. The van der Waals surface area contributed by atoms with Gasteiger partial charge in [0.2, 0.25) is 10.0 Å². The Bertz CT molecular complexity index is 1170. The minimum atomic E-state index is -3.52. The molecule has 0 aliphatic rings. The van der Waals surface area contributed by atoms with Crippen LogP contribution >= 0.6 is 0 Å². The van der Waals surface area contributed by atoms with Crippen molar-refractivity contribution in [2.75, 3.05) is 26.0 Å². The molecular weight excluding hydrogens is 384 g/mol. The minimum Gasteiger partial charge on any atom is -0.484 e. The molecule has 0 radical (unpaired) electrons. The third kappa shape index (κ3) is 4.38. The number of benzene rings is 2. The quantitative estimate of drug-likeness (QED) is 0.633. The first-order chi connectivity index (χ1) is 13.3. The van der Waals surface area contributed by atoms with Gasteiger partial charge in [0.15, 0.2) is 6.61 Å². The lowest BCUT2D eigenvalue weighted by atomic mass is 10.2. The van der Waals surface area contributed by atoms with E-state index in [0.29, 0.717) is 17.0 Å². The number of ether oxygens (including phenoxy) is 1. The van der Waals surface area contributed by atoms with Gasteiger partial charge in [-0.2, -0.15) is 0 Å². The standard InChI is InChI=1S/C19H18N2O6S/c1-21(2)28(24,25)16-8-5-14(6-9-16)20-18(22)12-26-15-7-3-13-4-10-19(23)27-17(13)11-15/h3-11H,12H2,1-2H3,(H,20,22). The van der Waals surface area contributed by atoms with E-state index in [1.54, 1.807) is 18.2 Å². The van der Waals surface area contributed by atoms with Gasteiger partial charge in [-0.05, 0) is 42.5 Å². The van der Waals surface area contributed by atoms with Gasteiger partial charge < -0.3 is 14.5 Å². The van der Waals surface area contributed by atoms with Crippen molar-refractivity contribution >= 4 is 32.6 Å². The maximum absolute atomic E-state index is 12.1. The monoisotopic (exact) mass is 402 g/mol. The molecule has 9 heteroatoms. The van der Waals surface area contributed by atoms with Crippen molar-refractivity contribution < 1.29 is 22.4 Å². The highest BCUT2D eigenvalue weighted by atomic mass is 32.2. The first kappa shape index (κ1) is 19.6. The number of anilines is 1. The first-order valence-corrected chi connectivity index (χ1v) is 9.69. The number of carbonyl (C=O) groups is 1. The lowest BCUT2D eigenvalue weighted by Gasteiger charge is -2.12. The molecule has 0 fully saturated rings. The number of fused-ring (bicyclic) bond motifs is 1. The van der Waals surface area contributed by atoms with E-state index in [1.165, 1.54) is 50.5 Å². The molecule has 3 aromatic rings. The summed E-state index contributed by atoms with van der Waals surface area (Å²) in [6, 6.07) is 13.7. The second-order valence-electron chi connectivity index (χ2n) is 6.10. The van der Waals surface area contributed by atoms with Crippen LogP contribution in [0, 0.1) is 0 Å². The topological polar surface area (TPSA) is 106 Å². The van der Waals surface area contributed by atoms with Gasteiger partial charge in [0.25, 0.3) is 5.91 Å². The number of rotatable bonds is 6. The maximum Gasteiger partial charge on any atom is 0.336 e. The van der Waals surface area contributed by atoms with Gasteiger partial charge in [-0.15, -0.1) is 0 Å². The average Bonchev–Trinajstić information content (AvgIpc) is 2.66. The Balaban J connectivity index is 1.62. The third-order valence-electron chi connectivity index (χ3n) is 3.88. The van der Waals surface area contributed by atoms with Crippen LogP contribution in [-0.2, 0) is 14.8 Å². The Morgan fingerprint density at radius 2 is 1.75 bits per heavy atom. The molecule has 0 atom stereocenters. The van der Waals surface area contributed by atoms with E-state index >= 15 is 0 Å². The van der Waals surface area contributed by atoms with E-state index in [-0.39, 0.29) is 11.5 Å². The second kappa shape index (κ2) is 7.83. The highest BCUT2D eigenvalue weighted by molar-refractivity contribution is 7.89. The van der Waals surface area contributed by atoms with Crippen LogP contribution in [0.25, 0.3) is 11.0 Å². The van der Waals surface area contributed by atoms with Crippen LogP contribution in [0.1, 0.15) is 0 Å². The van der Waals surface area contributed by atoms with Gasteiger partial charge in [-0.25, -0.2) is 17.5 Å². The van der Waals surface area contributed by atoms with E-state index in [2.05, 4.69) is 5.32 Å². The molecular formula is C19H18N2O6S. The molecule has 146 valence electrons. The van der Waals surface area contributed by atoms with Crippen LogP contribution < -0.4 is 15.7 Å². The van der Waals surface area contributed by atoms with Crippen molar-refractivity contribution in [2.45, 2.75) is 4.90 Å². The number of hydrogen-bond donors (Lipinski definition) is 1. The second-order valence-corrected chi connectivity index (χ2v) is 8.25. The zero-order valence-corrected chi connectivity index (χ0v) is 16.0. The van der Waals surface area contributed by atoms with Crippen molar-refractivity contribution in [1.29, 1.82) is 0 Å². The van der Waals surface area contributed by atoms with Crippen molar-refractivity contribution in [3.63, 3.8) is 0 Å². The number of nitrogens with zero attached hydrogens (tertiary/aromatic N) is 1. The van der Waals surface area contributed by atoms with Gasteiger partial charge in [-0.1, -0.05) is 0 Å². The molecule has 0 aliphatic heterocycles. The number of hydrogen-bond acceptors (Lipinski definition) is 6. The lowest BCUT2D eigenvalue weighted by molar-refractivity contribution is -0.118. The summed E-state index contributed by atoms with van der Waals surface area (Å²) in [4.78, 5) is 23.5. The number of carbonyl (C=O) groups excluding carboxylic acids is 1. The Kier molecular flexibility index (Phi) is 5.48. The molecule has 0 spiro atoms. The van der Waals surface area contributed by atoms with E-state index in [4.69, 9.17) is 9.15 Å². The highest BCUT2D eigenvalue weighted by Gasteiger charge is 2.16. The van der Waals surface area contributed by atoms with E-state index in [1.807, 2.05) is 0 Å². The van der Waals surface area contributed by atoms with Crippen LogP contribution in [0.3, 0.4) is 0 Å². The molecule has 1 heterocycles. The number of nitrogens with one attached hydrogen (secondary N) is 1. The molecule has 0 unspecified atom stereocenters. The summed E-state index contributed by atoms with van der Waals surface area (Å²) in [6.45, 7) is -0.264. The molecule has 2 aromatic carbocycles. The van der Waals surface area contributed by atoms with Crippen LogP contribution in [-0.4, -0.2) is 39.3 Å². The number of amides is 1. The van der Waals surface area contributed by atoms with Gasteiger partial charge in [0.1, 0.15) is 11.3 Å². The Labute approximate surface area is 161 Å². The lowest BCUT2D eigenvalue weighted by Crippen LogP contribution is -2.22. The maximum atomic E-state index is 12.1. The van der Waals surface area contributed by atoms with Crippen molar-refractivity contribution in [3.8, 4) is 5.75 Å². The van der Waals surface area contributed by atoms with Crippen molar-refractivity contribution in [3.05, 3.63) is 65.0 Å². The predicted octanol–water partition coefficient (Wildman–Crippen LogP) is 2.06. The molecule has 8 nitrogen and oxygen atoms in total. The van der Waals surface area contributed by atoms with Gasteiger partial charge >= 0.3 is 5.63 Å². The van der Waals surface area contributed by atoms with Crippen molar-refractivity contribution in [1.82, 2.24) is 4.31 Å². The molecule has 1 amide bonds. The summed E-state index contributed by atoms with van der Waals surface area (Å²) in [7, 11) is -0.635. The van der Waals surface area contributed by atoms with Crippen LogP contribution in [0.2, 0.25) is 0 Å². The number of sulfonamides is 1. The first-order valence-electron chi connectivity index (χ1n) is 8.25. The predicted molar refractivity (Wildman–Crippen MR) is 104 cm³/mol. The fourth-order valence-electron chi connectivity index (χ4n) is 2.40. The molecule has 28 heavy (non-hydrogen) atoms. The molecule has 0 saturated carbocycles. The molecule has 1 N–H and O–H groups in total. The summed E-state index contributed by atoms with van der Waals surface area (Å²) in [5.74, 6) is -0.0396. The fourth-order valence-corrected chi connectivity index (χ4v) is 3.30. The van der Waals surface area contributed by atoms with Crippen molar-refractivity contribution in [2.24, 2.45) is 0 Å². The van der Waals surface area contributed by atoms with Gasteiger partial charge in [-0.3, -0.25) is 4.79 Å². The normalized spacial score (nSPS) is 11.5. The minimum absolute atomic E-state index is 0.129. The largest absolute Gasteiger partial charge is 0.484 e. The Morgan fingerprint density at radius 1 is 1.07 bits per heavy atom. The summed E-state index contributed by atoms with van der Waals surface area (Å²) in [6.07, 6.45) is 0. The Hall–Kier alpha value is -3.17. The molecule has 3 rings (SSSR count). The zero-order chi connectivity index (χ0) is 20.3. The average molecular weight is 402 g/mol.